The van der Waals surface area contributed by atoms with Gasteiger partial charge in [-0.25, -0.2) is 0 Å². The molecule has 0 aromatic carbocycles. The van der Waals surface area contributed by atoms with E-state index in [9.17, 15) is 0 Å². The predicted molar refractivity (Wildman–Crippen MR) is 77.9 cm³/mol. The van der Waals surface area contributed by atoms with Crippen LogP contribution < -0.4 is 0 Å². The van der Waals surface area contributed by atoms with Crippen molar-refractivity contribution in [2.75, 3.05) is 0 Å². The molecule has 3 rings (SSSR count). The largest absolute Gasteiger partial charge is 0.143 e. The van der Waals surface area contributed by atoms with Crippen LogP contribution >= 0.6 is 34.0 Å². The summed E-state index contributed by atoms with van der Waals surface area (Å²) in [5.41, 5.74) is 0. The zero-order valence-corrected chi connectivity index (χ0v) is 11.3. The van der Waals surface area contributed by atoms with Crippen LogP contribution in [0.25, 0.3) is 9.75 Å². The van der Waals surface area contributed by atoms with Crippen molar-refractivity contribution in [2.45, 2.75) is 0 Å². The summed E-state index contributed by atoms with van der Waals surface area (Å²) in [5.74, 6) is 6.39. The Balaban J connectivity index is 1.86. The Morgan fingerprint density at radius 2 is 1.53 bits per heavy atom. The lowest BCUT2D eigenvalue weighted by Gasteiger charge is -1.86. The molecular weight excluding hydrogens is 264 g/mol. The number of hydrogen-bond acceptors (Lipinski definition) is 3. The summed E-state index contributed by atoms with van der Waals surface area (Å²) < 4.78 is 0. The molecule has 0 aliphatic rings. The number of hydrogen-bond donors (Lipinski definition) is 0. The van der Waals surface area contributed by atoms with E-state index in [0.29, 0.717) is 0 Å². The maximum atomic E-state index is 3.21. The molecule has 3 aromatic heterocycles. The summed E-state index contributed by atoms with van der Waals surface area (Å²) >= 11 is 5.20. The molecule has 0 saturated heterocycles. The van der Waals surface area contributed by atoms with Gasteiger partial charge in [0.25, 0.3) is 0 Å². The Kier molecular flexibility index (Phi) is 3.10. The lowest BCUT2D eigenvalue weighted by molar-refractivity contribution is 1.89. The fourth-order valence-electron chi connectivity index (χ4n) is 1.43. The average Bonchev–Trinajstić information content (AvgIpc) is 3.09. The Morgan fingerprint density at radius 1 is 0.706 bits per heavy atom. The highest BCUT2D eigenvalue weighted by Crippen LogP contribution is 2.31. The second-order valence-electron chi connectivity index (χ2n) is 3.37. The first-order valence-corrected chi connectivity index (χ1v) is 7.69. The third-order valence-corrected chi connectivity index (χ3v) is 5.05. The zero-order chi connectivity index (χ0) is 11.5. The second kappa shape index (κ2) is 4.89. The van der Waals surface area contributed by atoms with Crippen molar-refractivity contribution >= 4 is 34.0 Å². The van der Waals surface area contributed by atoms with E-state index >= 15 is 0 Å². The van der Waals surface area contributed by atoms with Gasteiger partial charge in [0, 0.05) is 9.75 Å². The molecule has 0 fully saturated rings. The third-order valence-electron chi connectivity index (χ3n) is 2.20. The van der Waals surface area contributed by atoms with Crippen LogP contribution in [0.15, 0.2) is 47.2 Å². The highest BCUT2D eigenvalue weighted by molar-refractivity contribution is 7.21. The molecule has 0 aliphatic heterocycles. The minimum Gasteiger partial charge on any atom is -0.143 e. The molecule has 0 amide bonds. The zero-order valence-electron chi connectivity index (χ0n) is 8.84. The van der Waals surface area contributed by atoms with Crippen LogP contribution in [0.5, 0.6) is 0 Å². The highest BCUT2D eigenvalue weighted by Gasteiger charge is 2.01. The van der Waals surface area contributed by atoms with Gasteiger partial charge in [0.05, 0.1) is 9.75 Å². The van der Waals surface area contributed by atoms with Crippen LogP contribution in [0.1, 0.15) is 9.75 Å². The van der Waals surface area contributed by atoms with Gasteiger partial charge < -0.3 is 0 Å². The van der Waals surface area contributed by atoms with E-state index in [1.165, 1.54) is 9.75 Å². The number of rotatable bonds is 1. The summed E-state index contributed by atoms with van der Waals surface area (Å²) in [6.45, 7) is 0. The van der Waals surface area contributed by atoms with Crippen molar-refractivity contribution in [1.82, 2.24) is 0 Å². The van der Waals surface area contributed by atoms with Gasteiger partial charge in [0.1, 0.15) is 0 Å². The molecule has 0 nitrogen and oxygen atoms in total. The highest BCUT2D eigenvalue weighted by atomic mass is 32.1. The molecule has 0 saturated carbocycles. The molecule has 0 N–H and O–H groups in total. The summed E-state index contributed by atoms with van der Waals surface area (Å²) in [7, 11) is 0. The second-order valence-corrected chi connectivity index (χ2v) is 6.35. The SMILES string of the molecule is C(#Cc1ccc(-c2cccs2)s1)c1cccs1. The minimum atomic E-state index is 1.12. The van der Waals surface area contributed by atoms with Gasteiger partial charge in [-0.05, 0) is 46.9 Å². The first kappa shape index (κ1) is 10.8. The molecule has 0 aliphatic carbocycles. The van der Waals surface area contributed by atoms with Gasteiger partial charge in [-0.2, -0.15) is 0 Å². The molecule has 3 aromatic rings. The molecule has 0 bridgehead atoms. The van der Waals surface area contributed by atoms with Crippen LogP contribution in [0.2, 0.25) is 0 Å². The van der Waals surface area contributed by atoms with E-state index in [-0.39, 0.29) is 0 Å². The first-order valence-electron chi connectivity index (χ1n) is 5.11. The van der Waals surface area contributed by atoms with Crippen LogP contribution in [0.4, 0.5) is 0 Å². The van der Waals surface area contributed by atoms with Crippen molar-refractivity contribution in [3.63, 3.8) is 0 Å². The first-order chi connectivity index (χ1) is 8.42. The molecule has 0 radical (unpaired) electrons. The van der Waals surface area contributed by atoms with Crippen molar-refractivity contribution in [3.05, 3.63) is 56.9 Å². The lowest BCUT2D eigenvalue weighted by atomic mass is 10.3. The normalized spacial score (nSPS) is 9.88. The van der Waals surface area contributed by atoms with Gasteiger partial charge in [-0.15, -0.1) is 34.0 Å². The van der Waals surface area contributed by atoms with E-state index in [1.54, 1.807) is 34.0 Å². The Bertz CT molecular complexity index is 646. The Morgan fingerprint density at radius 3 is 2.29 bits per heavy atom. The summed E-state index contributed by atoms with van der Waals surface area (Å²) in [6, 6.07) is 12.5. The maximum Gasteiger partial charge on any atom is 0.0779 e. The summed E-state index contributed by atoms with van der Waals surface area (Å²) in [4.78, 5) is 4.87. The van der Waals surface area contributed by atoms with Gasteiger partial charge >= 0.3 is 0 Å². The standard InChI is InChI=1S/C14H8S3/c1-3-11(15-9-1)5-6-12-7-8-14(17-12)13-4-2-10-16-13/h1-4,7-10H. The topological polar surface area (TPSA) is 0 Å². The van der Waals surface area contributed by atoms with E-state index < -0.39 is 0 Å². The number of thiophene rings is 3. The minimum absolute atomic E-state index is 1.12. The predicted octanol–water partition coefficient (Wildman–Crippen LogP) is 4.94. The smallest absolute Gasteiger partial charge is 0.0779 e. The fourth-order valence-corrected chi connectivity index (χ4v) is 3.69. The Hall–Kier alpha value is -1.34. The molecule has 0 spiro atoms. The van der Waals surface area contributed by atoms with E-state index in [0.717, 1.165) is 9.75 Å². The quantitative estimate of drug-likeness (QED) is 0.551. The molecule has 0 atom stereocenters. The third kappa shape index (κ3) is 2.50. The molecule has 82 valence electrons. The Labute approximate surface area is 112 Å². The summed E-state index contributed by atoms with van der Waals surface area (Å²) in [6.07, 6.45) is 0. The molecule has 17 heavy (non-hydrogen) atoms. The van der Waals surface area contributed by atoms with Crippen molar-refractivity contribution in [3.8, 4) is 21.6 Å². The van der Waals surface area contributed by atoms with Gasteiger partial charge in [0.2, 0.25) is 0 Å². The van der Waals surface area contributed by atoms with Gasteiger partial charge in [-0.1, -0.05) is 12.1 Å². The maximum absolute atomic E-state index is 3.21. The molecule has 3 heteroatoms. The van der Waals surface area contributed by atoms with Crippen LogP contribution in [-0.2, 0) is 0 Å². The van der Waals surface area contributed by atoms with Gasteiger partial charge in [-0.3, -0.25) is 0 Å². The van der Waals surface area contributed by atoms with E-state index in [1.807, 2.05) is 12.1 Å². The lowest BCUT2D eigenvalue weighted by Crippen LogP contribution is -1.62. The van der Waals surface area contributed by atoms with Crippen molar-refractivity contribution in [2.24, 2.45) is 0 Å². The molecular formula is C14H8S3. The van der Waals surface area contributed by atoms with Crippen LogP contribution in [0.3, 0.4) is 0 Å². The molecule has 3 heterocycles. The van der Waals surface area contributed by atoms with Crippen LogP contribution in [0, 0.1) is 11.8 Å². The monoisotopic (exact) mass is 272 g/mol. The van der Waals surface area contributed by atoms with E-state index in [4.69, 9.17) is 0 Å². The fraction of sp³-hybridized carbons (Fsp3) is 0. The summed E-state index contributed by atoms with van der Waals surface area (Å²) in [5, 5.41) is 4.15. The van der Waals surface area contributed by atoms with Crippen molar-refractivity contribution in [1.29, 1.82) is 0 Å². The van der Waals surface area contributed by atoms with Crippen LogP contribution in [-0.4, -0.2) is 0 Å². The average molecular weight is 272 g/mol. The molecule has 0 unspecified atom stereocenters. The van der Waals surface area contributed by atoms with Gasteiger partial charge in [0.15, 0.2) is 0 Å². The van der Waals surface area contributed by atoms with Crippen molar-refractivity contribution < 1.29 is 0 Å². The van der Waals surface area contributed by atoms with E-state index in [2.05, 4.69) is 46.9 Å².